The molecule has 0 saturated carbocycles. The normalized spacial score (nSPS) is 13.7. The van der Waals surface area contributed by atoms with Crippen LogP contribution in [0.5, 0.6) is 0 Å². The fraction of sp³-hybridized carbons (Fsp3) is 0.714. The Balaban J connectivity index is 4.10. The van der Waals surface area contributed by atoms with E-state index in [2.05, 4.69) is 22.9 Å². The molecule has 0 aromatic carbocycles. The van der Waals surface area contributed by atoms with Crippen LogP contribution in [-0.4, -0.2) is 10.7 Å². The third kappa shape index (κ3) is 10.4. The summed E-state index contributed by atoms with van der Waals surface area (Å²) >= 11 is 21.6. The fourth-order valence-corrected chi connectivity index (χ4v) is 3.57. The lowest BCUT2D eigenvalue weighted by atomic mass is 10.1. The first-order chi connectivity index (χ1) is 10.4. The monoisotopic (exact) mass is 451 g/mol. The second-order valence-electron chi connectivity index (χ2n) is 4.78. The van der Waals surface area contributed by atoms with E-state index in [-0.39, 0.29) is 19.0 Å². The molecule has 0 bridgehead atoms. The van der Waals surface area contributed by atoms with Crippen LogP contribution < -0.4 is 0 Å². The minimum atomic E-state index is -0.616. The second kappa shape index (κ2) is 14.0. The van der Waals surface area contributed by atoms with Gasteiger partial charge in [-0.2, -0.15) is 0 Å². The van der Waals surface area contributed by atoms with E-state index in [0.717, 1.165) is 18.6 Å². The molecule has 0 unspecified atom stereocenters. The van der Waals surface area contributed by atoms with Gasteiger partial charge >= 0.3 is 5.70 Å². The lowest BCUT2D eigenvalue weighted by molar-refractivity contribution is -0.419. The van der Waals surface area contributed by atoms with Crippen molar-refractivity contribution in [3.63, 3.8) is 0 Å². The van der Waals surface area contributed by atoms with E-state index in [9.17, 15) is 10.1 Å². The van der Waals surface area contributed by atoms with Crippen LogP contribution >= 0.6 is 62.5 Å². The van der Waals surface area contributed by atoms with Crippen LogP contribution in [0.3, 0.4) is 0 Å². The van der Waals surface area contributed by atoms with Crippen LogP contribution in [-0.2, 0) is 0 Å². The Morgan fingerprint density at radius 1 is 1.05 bits per heavy atom. The summed E-state index contributed by atoms with van der Waals surface area (Å²) in [5.74, 6) is 0.731. The molecule has 0 fully saturated rings. The van der Waals surface area contributed by atoms with Crippen LogP contribution in [0.15, 0.2) is 19.0 Å². The van der Waals surface area contributed by atoms with Gasteiger partial charge in [0.25, 0.3) is 0 Å². The summed E-state index contributed by atoms with van der Waals surface area (Å²) in [6, 6.07) is 0. The highest BCUT2D eigenvalue weighted by Gasteiger charge is 2.24. The number of hydrogen-bond donors (Lipinski definition) is 0. The van der Waals surface area contributed by atoms with E-state index in [1.54, 1.807) is 0 Å². The number of nitrogens with zero attached hydrogens (tertiary/aromatic N) is 1. The largest absolute Gasteiger partial charge is 0.314 e. The number of thioether (sulfide) groups is 1. The van der Waals surface area contributed by atoms with Crippen molar-refractivity contribution in [3.8, 4) is 0 Å². The molecule has 0 aromatic rings. The number of allylic oxidation sites excluding steroid dienone is 1. The Morgan fingerprint density at radius 2 is 1.55 bits per heavy atom. The maximum Gasteiger partial charge on any atom is 0.314 e. The first-order valence-electron chi connectivity index (χ1n) is 7.29. The Kier molecular flexibility index (Phi) is 14.3. The average molecular weight is 454 g/mol. The summed E-state index contributed by atoms with van der Waals surface area (Å²) in [4.78, 5) is 10.4. The molecule has 0 rings (SSSR count). The smallest absolute Gasteiger partial charge is 0.258 e. The van der Waals surface area contributed by atoms with Crippen molar-refractivity contribution >= 4 is 62.5 Å². The summed E-state index contributed by atoms with van der Waals surface area (Å²) in [7, 11) is 0. The zero-order chi connectivity index (χ0) is 17.0. The molecule has 0 N–H and O–H groups in total. The SMILES string of the molecule is CCCCCCCCCCSC(Cl)=C(C(Cl)=C(Cl)Br)[N+](=O)[O-]. The van der Waals surface area contributed by atoms with Crippen molar-refractivity contribution in [2.45, 2.75) is 58.3 Å². The molecule has 0 aliphatic heterocycles. The van der Waals surface area contributed by atoms with E-state index >= 15 is 0 Å². The Hall–Kier alpha value is 0.580. The second-order valence-corrected chi connectivity index (χ2v) is 8.49. The maximum absolute atomic E-state index is 11.0. The van der Waals surface area contributed by atoms with Crippen molar-refractivity contribution in [1.82, 2.24) is 0 Å². The van der Waals surface area contributed by atoms with Crippen molar-refractivity contribution < 1.29 is 4.92 Å². The molecule has 128 valence electrons. The van der Waals surface area contributed by atoms with Gasteiger partial charge in [0.2, 0.25) is 0 Å². The van der Waals surface area contributed by atoms with Gasteiger partial charge < -0.3 is 0 Å². The van der Waals surface area contributed by atoms with Gasteiger partial charge in [0.1, 0.15) is 8.97 Å². The summed E-state index contributed by atoms with van der Waals surface area (Å²) < 4.78 is 0.0437. The average Bonchev–Trinajstić information content (AvgIpc) is 2.45. The molecule has 3 nitrogen and oxygen atoms in total. The minimum Gasteiger partial charge on any atom is -0.258 e. The lowest BCUT2D eigenvalue weighted by Gasteiger charge is -2.03. The van der Waals surface area contributed by atoms with Gasteiger partial charge in [-0.3, -0.25) is 10.1 Å². The topological polar surface area (TPSA) is 43.1 Å². The molecule has 0 aliphatic rings. The van der Waals surface area contributed by atoms with Crippen LogP contribution in [0.25, 0.3) is 0 Å². The van der Waals surface area contributed by atoms with Crippen LogP contribution in [0.1, 0.15) is 58.3 Å². The van der Waals surface area contributed by atoms with Crippen molar-refractivity contribution in [2.24, 2.45) is 0 Å². The van der Waals surface area contributed by atoms with E-state index in [4.69, 9.17) is 34.8 Å². The van der Waals surface area contributed by atoms with E-state index in [1.807, 2.05) is 0 Å². The predicted octanol–water partition coefficient (Wildman–Crippen LogP) is 7.59. The molecule has 0 spiro atoms. The van der Waals surface area contributed by atoms with E-state index in [1.165, 1.54) is 50.3 Å². The predicted molar refractivity (Wildman–Crippen MR) is 103 cm³/mol. The van der Waals surface area contributed by atoms with Gasteiger partial charge in [0.05, 0.1) is 4.92 Å². The molecule has 22 heavy (non-hydrogen) atoms. The number of hydrogen-bond acceptors (Lipinski definition) is 3. The number of rotatable bonds is 12. The molecule has 0 aromatic heterocycles. The number of nitro groups is 1. The summed E-state index contributed by atoms with van der Waals surface area (Å²) in [5.41, 5.74) is -0.352. The molecule has 0 saturated heterocycles. The standard InChI is InChI=1S/C14H21BrCl3NO2S/c1-2-3-4-5-6-7-8-9-10-22-14(18)12(19(20)21)11(16)13(15)17/h2-10H2,1H3. The minimum absolute atomic E-state index is 0.0216. The van der Waals surface area contributed by atoms with Crippen molar-refractivity contribution in [1.29, 1.82) is 0 Å². The first-order valence-corrected chi connectivity index (χ1v) is 10.2. The van der Waals surface area contributed by atoms with E-state index < -0.39 is 4.92 Å². The summed E-state index contributed by atoms with van der Waals surface area (Å²) in [5, 5.41) is 10.8. The molecular weight excluding hydrogens is 432 g/mol. The molecule has 8 heteroatoms. The van der Waals surface area contributed by atoms with Gasteiger partial charge in [0, 0.05) is 0 Å². The zero-order valence-corrected chi connectivity index (χ0v) is 17.2. The highest BCUT2D eigenvalue weighted by molar-refractivity contribution is 9.12. The van der Waals surface area contributed by atoms with Gasteiger partial charge in [-0.05, 0) is 28.1 Å². The Morgan fingerprint density at radius 3 is 2.00 bits per heavy atom. The number of halogens is 4. The quantitative estimate of drug-likeness (QED) is 0.132. The van der Waals surface area contributed by atoms with Gasteiger partial charge in [-0.15, -0.1) is 11.8 Å². The third-order valence-electron chi connectivity index (χ3n) is 2.97. The molecule has 0 amide bonds. The summed E-state index contributed by atoms with van der Waals surface area (Å²) in [6.07, 6.45) is 9.70. The first kappa shape index (κ1) is 22.6. The Labute approximate surface area is 160 Å². The lowest BCUT2D eigenvalue weighted by Crippen LogP contribution is -2.01. The third-order valence-corrected chi connectivity index (χ3v) is 5.69. The highest BCUT2D eigenvalue weighted by Crippen LogP contribution is 2.35. The number of unbranched alkanes of at least 4 members (excludes halogenated alkanes) is 7. The Bertz CT molecular complexity index is 413. The molecule has 0 atom stereocenters. The van der Waals surface area contributed by atoms with Crippen LogP contribution in [0.2, 0.25) is 0 Å². The van der Waals surface area contributed by atoms with Crippen LogP contribution in [0.4, 0.5) is 0 Å². The highest BCUT2D eigenvalue weighted by atomic mass is 79.9. The van der Waals surface area contributed by atoms with Crippen molar-refractivity contribution in [2.75, 3.05) is 5.75 Å². The maximum atomic E-state index is 11.0. The van der Waals surface area contributed by atoms with Gasteiger partial charge in [-0.25, -0.2) is 0 Å². The molecule has 0 heterocycles. The molecule has 0 radical (unpaired) electrons. The van der Waals surface area contributed by atoms with Gasteiger partial charge in [0.15, 0.2) is 4.36 Å². The molecule has 0 aliphatic carbocycles. The fourth-order valence-electron chi connectivity index (χ4n) is 1.79. The van der Waals surface area contributed by atoms with Crippen molar-refractivity contribution in [3.05, 3.63) is 29.1 Å². The zero-order valence-electron chi connectivity index (χ0n) is 12.5. The molecular formula is C14H21BrCl3NO2S. The summed E-state index contributed by atoms with van der Waals surface area (Å²) in [6.45, 7) is 2.21. The van der Waals surface area contributed by atoms with Crippen LogP contribution in [0, 0.1) is 10.1 Å². The van der Waals surface area contributed by atoms with E-state index in [0.29, 0.717) is 0 Å². The van der Waals surface area contributed by atoms with Gasteiger partial charge in [-0.1, -0.05) is 86.7 Å².